The van der Waals surface area contributed by atoms with Gasteiger partial charge in [0.2, 0.25) is 0 Å². The maximum atomic E-state index is 11.8. The van der Waals surface area contributed by atoms with E-state index in [0.717, 1.165) is 31.2 Å². The summed E-state index contributed by atoms with van der Waals surface area (Å²) in [6.07, 6.45) is 5.06. The predicted molar refractivity (Wildman–Crippen MR) is 87.1 cm³/mol. The molecule has 0 bridgehead atoms. The highest BCUT2D eigenvalue weighted by Gasteiger charge is 2.20. The Kier molecular flexibility index (Phi) is 6.33. The summed E-state index contributed by atoms with van der Waals surface area (Å²) in [7, 11) is 0. The van der Waals surface area contributed by atoms with Gasteiger partial charge in [0.15, 0.2) is 0 Å². The summed E-state index contributed by atoms with van der Waals surface area (Å²) in [4.78, 5) is 13.4. The van der Waals surface area contributed by atoms with Gasteiger partial charge in [-0.05, 0) is 50.5 Å². The summed E-state index contributed by atoms with van der Waals surface area (Å²) in [6, 6.07) is 7.72. The molecule has 2 atom stereocenters. The topological polar surface area (TPSA) is 45.6 Å². The zero-order valence-electron chi connectivity index (χ0n) is 12.6. The van der Waals surface area contributed by atoms with Crippen LogP contribution in [0.4, 0.5) is 10.5 Å². The van der Waals surface area contributed by atoms with Crippen LogP contribution in [0.25, 0.3) is 0 Å². The van der Waals surface area contributed by atoms with Crippen LogP contribution in [-0.2, 0) is 0 Å². The first-order valence-corrected chi connectivity index (χ1v) is 8.18. The van der Waals surface area contributed by atoms with Gasteiger partial charge in [-0.3, -0.25) is 0 Å². The number of likely N-dealkylation sites (tertiary alicyclic amines) is 1. The first-order valence-electron chi connectivity index (χ1n) is 7.80. The van der Waals surface area contributed by atoms with Crippen LogP contribution in [0.1, 0.15) is 32.6 Å². The lowest BCUT2D eigenvalue weighted by Gasteiger charge is -2.30. The van der Waals surface area contributed by atoms with E-state index in [-0.39, 0.29) is 6.03 Å². The quantitative estimate of drug-likeness (QED) is 0.718. The molecule has 0 aliphatic carbocycles. The van der Waals surface area contributed by atoms with E-state index in [4.69, 9.17) is 11.6 Å². The van der Waals surface area contributed by atoms with Crippen molar-refractivity contribution in [2.45, 2.75) is 38.6 Å². The van der Waals surface area contributed by atoms with E-state index in [9.17, 15) is 4.79 Å². The van der Waals surface area contributed by atoms with E-state index in [1.54, 1.807) is 29.2 Å². The Balaban J connectivity index is 1.61. The molecule has 0 spiro atoms. The van der Waals surface area contributed by atoms with Crippen molar-refractivity contribution in [2.24, 2.45) is 0 Å². The van der Waals surface area contributed by atoms with E-state index in [1.165, 1.54) is 25.8 Å². The molecule has 0 saturated carbocycles. The summed E-state index contributed by atoms with van der Waals surface area (Å²) < 4.78 is 0. The van der Waals surface area contributed by atoms with Crippen LogP contribution >= 0.6 is 11.6 Å². The molecule has 1 aromatic rings. The molecule has 1 aliphatic rings. The van der Waals surface area contributed by atoms with Crippen LogP contribution in [0, 0.1) is 0 Å². The highest BCUT2D eigenvalue weighted by Crippen LogP contribution is 2.12. The molecule has 2 amide bonds. The zero-order valence-corrected chi connectivity index (χ0v) is 13.4. The molecule has 1 aromatic carbocycles. The maximum absolute atomic E-state index is 11.8. The predicted octanol–water partition coefficient (Wildman–Crippen LogP) is 2.31. The standard InChI is InChI=1S/C16H24ClN3O/c1-13-5-2-3-11-20(13)12-4-10-18-16(21)19-15-8-6-14(17)7-9-15/h6-9,13H,2-5,10-12H2,1H3,(H2,18,19,21)/p+1/t13-/m1/s1. The van der Waals surface area contributed by atoms with Crippen molar-refractivity contribution < 1.29 is 9.69 Å². The number of carbonyl (C=O) groups is 1. The average molecular weight is 311 g/mol. The number of nitrogens with one attached hydrogen (secondary N) is 3. The smallest absolute Gasteiger partial charge is 0.319 e. The van der Waals surface area contributed by atoms with Crippen LogP contribution in [-0.4, -0.2) is 31.7 Å². The average Bonchev–Trinajstić information content (AvgIpc) is 2.48. The Labute approximate surface area is 131 Å². The van der Waals surface area contributed by atoms with Gasteiger partial charge in [-0.2, -0.15) is 0 Å². The monoisotopic (exact) mass is 310 g/mol. The number of quaternary nitrogens is 1. The van der Waals surface area contributed by atoms with E-state index >= 15 is 0 Å². The molecule has 2 rings (SSSR count). The molecule has 3 N–H and O–H groups in total. The molecule has 1 fully saturated rings. The van der Waals surface area contributed by atoms with Crippen molar-refractivity contribution in [1.29, 1.82) is 0 Å². The van der Waals surface area contributed by atoms with Gasteiger partial charge in [-0.25, -0.2) is 4.79 Å². The third-order valence-corrected chi connectivity index (χ3v) is 4.40. The highest BCUT2D eigenvalue weighted by atomic mass is 35.5. The fourth-order valence-corrected chi connectivity index (χ4v) is 2.98. The summed E-state index contributed by atoms with van der Waals surface area (Å²) >= 11 is 5.81. The van der Waals surface area contributed by atoms with Gasteiger partial charge in [0, 0.05) is 23.7 Å². The Morgan fingerprint density at radius 2 is 2.10 bits per heavy atom. The Hall–Kier alpha value is -1.26. The number of benzene rings is 1. The van der Waals surface area contributed by atoms with Gasteiger partial charge in [-0.1, -0.05) is 11.6 Å². The second-order valence-electron chi connectivity index (χ2n) is 5.80. The van der Waals surface area contributed by atoms with Gasteiger partial charge < -0.3 is 15.5 Å². The maximum Gasteiger partial charge on any atom is 0.319 e. The molecule has 21 heavy (non-hydrogen) atoms. The van der Waals surface area contributed by atoms with Crippen molar-refractivity contribution in [3.63, 3.8) is 0 Å². The van der Waals surface area contributed by atoms with Crippen molar-refractivity contribution in [3.05, 3.63) is 29.3 Å². The fraction of sp³-hybridized carbons (Fsp3) is 0.562. The molecule has 1 saturated heterocycles. The van der Waals surface area contributed by atoms with Crippen LogP contribution in [0.3, 0.4) is 0 Å². The number of amides is 2. The number of anilines is 1. The molecule has 1 unspecified atom stereocenters. The van der Waals surface area contributed by atoms with Crippen molar-refractivity contribution in [2.75, 3.05) is 25.0 Å². The van der Waals surface area contributed by atoms with Crippen LogP contribution in [0.2, 0.25) is 5.02 Å². The van der Waals surface area contributed by atoms with E-state index in [1.807, 2.05) is 0 Å². The van der Waals surface area contributed by atoms with E-state index < -0.39 is 0 Å². The van der Waals surface area contributed by atoms with E-state index in [2.05, 4.69) is 17.6 Å². The first-order chi connectivity index (χ1) is 10.1. The van der Waals surface area contributed by atoms with Gasteiger partial charge in [0.25, 0.3) is 0 Å². The van der Waals surface area contributed by atoms with Crippen molar-refractivity contribution in [3.8, 4) is 0 Å². The van der Waals surface area contributed by atoms with Gasteiger partial charge >= 0.3 is 6.03 Å². The Bertz CT molecular complexity index is 449. The molecule has 1 aliphatic heterocycles. The molecule has 1 heterocycles. The number of hydrogen-bond acceptors (Lipinski definition) is 1. The number of urea groups is 1. The lowest BCUT2D eigenvalue weighted by Crippen LogP contribution is -3.16. The molecule has 5 heteroatoms. The number of hydrogen-bond donors (Lipinski definition) is 3. The van der Waals surface area contributed by atoms with Crippen molar-refractivity contribution in [1.82, 2.24) is 5.32 Å². The van der Waals surface area contributed by atoms with Crippen LogP contribution in [0.5, 0.6) is 0 Å². The minimum atomic E-state index is -0.154. The van der Waals surface area contributed by atoms with Gasteiger partial charge in [0.05, 0.1) is 19.1 Å². The molecule has 116 valence electrons. The molecule has 4 nitrogen and oxygen atoms in total. The largest absolute Gasteiger partial charge is 0.338 e. The lowest BCUT2D eigenvalue weighted by molar-refractivity contribution is -0.928. The SMILES string of the molecule is C[C@@H]1CCCC[NH+]1CCCNC(=O)Nc1ccc(Cl)cc1. The summed E-state index contributed by atoms with van der Waals surface area (Å²) in [5, 5.41) is 6.37. The minimum Gasteiger partial charge on any atom is -0.338 e. The van der Waals surface area contributed by atoms with Crippen molar-refractivity contribution >= 4 is 23.3 Å². The third-order valence-electron chi connectivity index (χ3n) is 4.14. The molecule has 0 radical (unpaired) electrons. The molecule has 0 aromatic heterocycles. The van der Waals surface area contributed by atoms with Crippen LogP contribution < -0.4 is 15.5 Å². The lowest BCUT2D eigenvalue weighted by atomic mass is 10.0. The second kappa shape index (κ2) is 8.25. The molecular formula is C16H25ClN3O+. The Morgan fingerprint density at radius 3 is 2.81 bits per heavy atom. The van der Waals surface area contributed by atoms with Gasteiger partial charge in [0.1, 0.15) is 0 Å². The summed E-state index contributed by atoms with van der Waals surface area (Å²) in [6.45, 7) is 5.46. The van der Waals surface area contributed by atoms with Crippen LogP contribution in [0.15, 0.2) is 24.3 Å². The number of piperidine rings is 1. The summed E-state index contributed by atoms with van der Waals surface area (Å²) in [5.74, 6) is 0. The fourth-order valence-electron chi connectivity index (χ4n) is 2.85. The molecular weight excluding hydrogens is 286 g/mol. The second-order valence-corrected chi connectivity index (χ2v) is 6.23. The Morgan fingerprint density at radius 1 is 1.33 bits per heavy atom. The number of rotatable bonds is 5. The normalized spacial score (nSPS) is 21.8. The number of carbonyl (C=O) groups excluding carboxylic acids is 1. The highest BCUT2D eigenvalue weighted by molar-refractivity contribution is 6.30. The zero-order chi connectivity index (χ0) is 15.1. The summed E-state index contributed by atoms with van der Waals surface area (Å²) in [5.41, 5.74) is 0.757. The minimum absolute atomic E-state index is 0.154. The van der Waals surface area contributed by atoms with Gasteiger partial charge in [-0.15, -0.1) is 0 Å². The first kappa shape index (κ1) is 16.1. The third kappa shape index (κ3) is 5.56. The number of halogens is 1. The van der Waals surface area contributed by atoms with E-state index in [0.29, 0.717) is 5.02 Å².